The van der Waals surface area contributed by atoms with Gasteiger partial charge in [0.2, 0.25) is 0 Å². The van der Waals surface area contributed by atoms with Crippen molar-refractivity contribution in [2.45, 2.75) is 32.7 Å². The molecule has 1 fully saturated rings. The summed E-state index contributed by atoms with van der Waals surface area (Å²) in [7, 11) is 1.80. The number of nitrogens with one attached hydrogen (secondary N) is 2. The fourth-order valence-electron chi connectivity index (χ4n) is 2.52. The molecule has 1 aliphatic heterocycles. The maximum atomic E-state index is 5.77. The van der Waals surface area contributed by atoms with E-state index in [1.54, 1.807) is 7.05 Å². The van der Waals surface area contributed by atoms with E-state index in [9.17, 15) is 0 Å². The quantitative estimate of drug-likeness (QED) is 0.434. The number of nitrogens with zero attached hydrogens (tertiary/aromatic N) is 1. The van der Waals surface area contributed by atoms with E-state index in [1.807, 2.05) is 11.3 Å². The van der Waals surface area contributed by atoms with Crippen molar-refractivity contribution in [1.29, 1.82) is 0 Å². The molecule has 1 aromatic rings. The average molecular weight is 340 g/mol. The van der Waals surface area contributed by atoms with Gasteiger partial charge in [-0.05, 0) is 44.2 Å². The molecule has 0 amide bonds. The predicted octanol–water partition coefficient (Wildman–Crippen LogP) is 2.55. The molecule has 0 unspecified atom stereocenters. The van der Waals surface area contributed by atoms with Crippen molar-refractivity contribution in [3.8, 4) is 0 Å². The van der Waals surface area contributed by atoms with Crippen LogP contribution in [0.1, 0.15) is 29.0 Å². The minimum atomic E-state index is 0.681. The lowest BCUT2D eigenvalue weighted by Crippen LogP contribution is -2.37. The van der Waals surface area contributed by atoms with Crippen LogP contribution in [0.2, 0.25) is 0 Å². The van der Waals surface area contributed by atoms with Crippen LogP contribution in [0.15, 0.2) is 17.1 Å². The number of rotatable bonds is 8. The molecule has 23 heavy (non-hydrogen) atoms. The molecule has 0 spiro atoms. The Morgan fingerprint density at radius 2 is 2.17 bits per heavy atom. The highest BCUT2D eigenvalue weighted by Gasteiger charge is 2.13. The third-order valence-electron chi connectivity index (χ3n) is 3.90. The van der Waals surface area contributed by atoms with Crippen LogP contribution in [0.25, 0.3) is 0 Å². The molecule has 2 N–H and O–H groups in total. The van der Waals surface area contributed by atoms with Gasteiger partial charge in [-0.2, -0.15) is 0 Å². The largest absolute Gasteiger partial charge is 0.381 e. The number of aryl methyl sites for hydroxylation is 1. The predicted molar refractivity (Wildman–Crippen MR) is 96.2 cm³/mol. The first kappa shape index (κ1) is 18.2. The summed E-state index contributed by atoms with van der Waals surface area (Å²) in [5.74, 6) is 1.53. The van der Waals surface area contributed by atoms with E-state index in [2.05, 4.69) is 34.7 Å². The van der Waals surface area contributed by atoms with Crippen LogP contribution in [0, 0.1) is 12.8 Å². The zero-order chi connectivity index (χ0) is 16.3. The molecule has 6 heteroatoms. The Bertz CT molecular complexity index is 470. The van der Waals surface area contributed by atoms with Crippen molar-refractivity contribution < 1.29 is 9.47 Å². The van der Waals surface area contributed by atoms with E-state index in [1.165, 1.54) is 9.75 Å². The molecule has 1 saturated heterocycles. The third kappa shape index (κ3) is 7.33. The summed E-state index contributed by atoms with van der Waals surface area (Å²) in [5.41, 5.74) is 0. The number of thiophene rings is 1. The fraction of sp³-hybridized carbons (Fsp3) is 0.706. The zero-order valence-corrected chi connectivity index (χ0v) is 15.1. The molecule has 0 atom stereocenters. The van der Waals surface area contributed by atoms with E-state index >= 15 is 0 Å². The van der Waals surface area contributed by atoms with Gasteiger partial charge in [-0.1, -0.05) is 0 Å². The number of hydrogen-bond acceptors (Lipinski definition) is 4. The Kier molecular flexibility index (Phi) is 8.42. The Morgan fingerprint density at radius 1 is 1.35 bits per heavy atom. The van der Waals surface area contributed by atoms with Crippen LogP contribution in [-0.4, -0.2) is 46.0 Å². The molecule has 0 saturated carbocycles. The van der Waals surface area contributed by atoms with E-state index in [4.69, 9.17) is 9.47 Å². The van der Waals surface area contributed by atoms with Crippen LogP contribution >= 0.6 is 11.3 Å². The minimum Gasteiger partial charge on any atom is -0.381 e. The summed E-state index contributed by atoms with van der Waals surface area (Å²) < 4.78 is 11.1. The lowest BCUT2D eigenvalue weighted by Gasteiger charge is -2.21. The van der Waals surface area contributed by atoms with E-state index in [0.717, 1.165) is 64.7 Å². The van der Waals surface area contributed by atoms with Crippen molar-refractivity contribution in [3.63, 3.8) is 0 Å². The van der Waals surface area contributed by atoms with Gasteiger partial charge in [0.25, 0.3) is 0 Å². The summed E-state index contributed by atoms with van der Waals surface area (Å²) >= 11 is 1.81. The number of ether oxygens (including phenoxy) is 2. The van der Waals surface area contributed by atoms with Gasteiger partial charge in [-0.25, -0.2) is 0 Å². The summed E-state index contributed by atoms with van der Waals surface area (Å²) in [5, 5.41) is 6.66. The third-order valence-corrected chi connectivity index (χ3v) is 4.90. The molecule has 0 aromatic carbocycles. The maximum Gasteiger partial charge on any atom is 0.191 e. The highest BCUT2D eigenvalue weighted by molar-refractivity contribution is 7.11. The summed E-state index contributed by atoms with van der Waals surface area (Å²) in [6.45, 7) is 7.26. The molecule has 1 aliphatic rings. The van der Waals surface area contributed by atoms with Gasteiger partial charge in [-0.15, -0.1) is 11.3 Å². The topological polar surface area (TPSA) is 54.9 Å². The molecule has 1 aromatic heterocycles. The first-order valence-corrected chi connectivity index (χ1v) is 9.25. The zero-order valence-electron chi connectivity index (χ0n) is 14.3. The van der Waals surface area contributed by atoms with Crippen LogP contribution < -0.4 is 10.6 Å². The second kappa shape index (κ2) is 10.6. The van der Waals surface area contributed by atoms with Crippen molar-refractivity contribution in [2.75, 3.05) is 40.0 Å². The monoisotopic (exact) mass is 339 g/mol. The second-order valence-corrected chi connectivity index (χ2v) is 7.22. The van der Waals surface area contributed by atoms with Crippen molar-refractivity contribution in [3.05, 3.63) is 21.9 Å². The average Bonchev–Trinajstić information content (AvgIpc) is 3.00. The van der Waals surface area contributed by atoms with Crippen LogP contribution in [-0.2, 0) is 16.0 Å². The normalized spacial score (nSPS) is 16.5. The maximum absolute atomic E-state index is 5.77. The minimum absolute atomic E-state index is 0.681. The Hall–Kier alpha value is -1.11. The molecule has 0 bridgehead atoms. The van der Waals surface area contributed by atoms with Gasteiger partial charge in [0, 0.05) is 49.8 Å². The van der Waals surface area contributed by atoms with Crippen molar-refractivity contribution >= 4 is 17.3 Å². The van der Waals surface area contributed by atoms with Crippen LogP contribution in [0.4, 0.5) is 0 Å². The SMILES string of the molecule is CN=C(NCCCOCC1CCOCC1)NCc1ccc(C)s1. The summed E-state index contributed by atoms with van der Waals surface area (Å²) in [6, 6.07) is 4.30. The molecular weight excluding hydrogens is 310 g/mol. The molecule has 2 rings (SSSR count). The fourth-order valence-corrected chi connectivity index (χ4v) is 3.35. The number of aliphatic imine (C=N–C) groups is 1. The van der Waals surface area contributed by atoms with E-state index in [0.29, 0.717) is 5.92 Å². The molecular formula is C17H29N3O2S. The molecule has 0 aliphatic carbocycles. The Balaban J connectivity index is 1.50. The van der Waals surface area contributed by atoms with Crippen LogP contribution in [0.5, 0.6) is 0 Å². The highest BCUT2D eigenvalue weighted by atomic mass is 32.1. The molecule has 2 heterocycles. The number of hydrogen-bond donors (Lipinski definition) is 2. The van der Waals surface area contributed by atoms with Crippen molar-refractivity contribution in [2.24, 2.45) is 10.9 Å². The highest BCUT2D eigenvalue weighted by Crippen LogP contribution is 2.15. The van der Waals surface area contributed by atoms with Crippen molar-refractivity contribution in [1.82, 2.24) is 10.6 Å². The first-order valence-electron chi connectivity index (χ1n) is 8.43. The smallest absolute Gasteiger partial charge is 0.191 e. The summed E-state index contributed by atoms with van der Waals surface area (Å²) in [6.07, 6.45) is 3.26. The van der Waals surface area contributed by atoms with Gasteiger partial charge >= 0.3 is 0 Å². The van der Waals surface area contributed by atoms with Gasteiger partial charge < -0.3 is 20.1 Å². The van der Waals surface area contributed by atoms with Gasteiger partial charge in [0.05, 0.1) is 6.54 Å². The number of guanidine groups is 1. The molecule has 0 radical (unpaired) electrons. The Labute approximate surface area is 143 Å². The first-order chi connectivity index (χ1) is 11.3. The Morgan fingerprint density at radius 3 is 2.87 bits per heavy atom. The van der Waals surface area contributed by atoms with E-state index in [-0.39, 0.29) is 0 Å². The van der Waals surface area contributed by atoms with Gasteiger partial charge in [0.15, 0.2) is 5.96 Å². The molecule has 130 valence electrons. The van der Waals surface area contributed by atoms with Gasteiger partial charge in [-0.3, -0.25) is 4.99 Å². The molecule has 5 nitrogen and oxygen atoms in total. The summed E-state index contributed by atoms with van der Waals surface area (Å²) in [4.78, 5) is 6.91. The lowest BCUT2D eigenvalue weighted by molar-refractivity contribution is 0.0203. The van der Waals surface area contributed by atoms with E-state index < -0.39 is 0 Å². The standard InChI is InChI=1S/C17H29N3O2S/c1-14-4-5-16(23-14)12-20-17(18-2)19-8-3-9-22-13-15-6-10-21-11-7-15/h4-5,15H,3,6-13H2,1-2H3,(H2,18,19,20). The van der Waals surface area contributed by atoms with Crippen LogP contribution in [0.3, 0.4) is 0 Å². The second-order valence-electron chi connectivity index (χ2n) is 5.85. The van der Waals surface area contributed by atoms with Gasteiger partial charge in [0.1, 0.15) is 0 Å². The lowest BCUT2D eigenvalue weighted by atomic mass is 10.0.